The van der Waals surface area contributed by atoms with Crippen LogP contribution in [0, 0.1) is 0 Å². The van der Waals surface area contributed by atoms with E-state index in [1.165, 1.54) is 0 Å². The zero-order valence-corrected chi connectivity index (χ0v) is 14.2. The van der Waals surface area contributed by atoms with Crippen LogP contribution in [0.4, 0.5) is 8.78 Å². The van der Waals surface area contributed by atoms with E-state index < -0.39 is 12.3 Å². The number of halogens is 2. The summed E-state index contributed by atoms with van der Waals surface area (Å²) in [5.41, 5.74) is 2.66. The van der Waals surface area contributed by atoms with Gasteiger partial charge in [0.25, 0.3) is 5.89 Å². The van der Waals surface area contributed by atoms with E-state index in [2.05, 4.69) is 20.4 Å². The van der Waals surface area contributed by atoms with E-state index in [0.717, 1.165) is 21.1 Å². The Bertz CT molecular complexity index is 999. The van der Waals surface area contributed by atoms with Crippen molar-refractivity contribution in [3.8, 4) is 22.0 Å². The predicted octanol–water partition coefficient (Wildman–Crippen LogP) is 4.78. The molecule has 4 aromatic rings. The highest BCUT2D eigenvalue weighted by atomic mass is 32.1. The molecule has 0 radical (unpaired) electrons. The van der Waals surface area contributed by atoms with E-state index in [4.69, 9.17) is 4.42 Å². The molecular weight excluding hydrogens is 358 g/mol. The van der Waals surface area contributed by atoms with E-state index >= 15 is 0 Å². The van der Waals surface area contributed by atoms with Gasteiger partial charge in [-0.15, -0.1) is 20.4 Å². The molecular formula is C18H12F2N4OS. The van der Waals surface area contributed by atoms with Gasteiger partial charge in [0, 0.05) is 17.5 Å². The lowest BCUT2D eigenvalue weighted by Gasteiger charge is -1.99. The van der Waals surface area contributed by atoms with Gasteiger partial charge >= 0.3 is 6.43 Å². The van der Waals surface area contributed by atoms with Crippen molar-refractivity contribution in [3.05, 3.63) is 71.1 Å². The second-order valence-electron chi connectivity index (χ2n) is 5.49. The molecule has 0 aliphatic rings. The fraction of sp³-hybridized carbons (Fsp3) is 0.111. The first-order valence-corrected chi connectivity index (χ1v) is 8.59. The minimum Gasteiger partial charge on any atom is -0.415 e. The van der Waals surface area contributed by atoms with E-state index in [0.29, 0.717) is 12.0 Å². The Labute approximate surface area is 151 Å². The molecule has 2 heterocycles. The van der Waals surface area contributed by atoms with Crippen LogP contribution >= 0.6 is 11.3 Å². The van der Waals surface area contributed by atoms with Gasteiger partial charge in [-0.3, -0.25) is 0 Å². The maximum Gasteiger partial charge on any atom is 0.314 e. The number of nitrogens with zero attached hydrogens (tertiary/aromatic N) is 4. The van der Waals surface area contributed by atoms with Gasteiger partial charge in [0.1, 0.15) is 10.0 Å². The lowest BCUT2D eigenvalue weighted by molar-refractivity contribution is 0.116. The van der Waals surface area contributed by atoms with Crippen molar-refractivity contribution in [2.75, 3.05) is 0 Å². The highest BCUT2D eigenvalue weighted by Crippen LogP contribution is 2.26. The molecule has 0 N–H and O–H groups in total. The van der Waals surface area contributed by atoms with Crippen LogP contribution < -0.4 is 0 Å². The minimum absolute atomic E-state index is 0.0779. The topological polar surface area (TPSA) is 64.7 Å². The molecule has 2 aromatic carbocycles. The molecule has 0 unspecified atom stereocenters. The molecule has 0 bridgehead atoms. The van der Waals surface area contributed by atoms with E-state index in [1.807, 2.05) is 42.5 Å². The van der Waals surface area contributed by atoms with Crippen molar-refractivity contribution in [3.63, 3.8) is 0 Å². The first kappa shape index (κ1) is 16.5. The SMILES string of the molecule is FC(F)c1nnc(-c2ccc(Cc3nnc(-c4ccccc4)s3)cc2)o1. The third-order valence-corrected chi connectivity index (χ3v) is 4.64. The molecule has 0 aliphatic carbocycles. The summed E-state index contributed by atoms with van der Waals surface area (Å²) in [6.45, 7) is 0. The van der Waals surface area contributed by atoms with Gasteiger partial charge < -0.3 is 4.42 Å². The maximum atomic E-state index is 12.5. The largest absolute Gasteiger partial charge is 0.415 e. The van der Waals surface area contributed by atoms with Crippen LogP contribution in [-0.2, 0) is 6.42 Å². The van der Waals surface area contributed by atoms with Gasteiger partial charge in [0.15, 0.2) is 0 Å². The van der Waals surface area contributed by atoms with Crippen molar-refractivity contribution >= 4 is 11.3 Å². The summed E-state index contributed by atoms with van der Waals surface area (Å²) in [5, 5.41) is 17.2. The summed E-state index contributed by atoms with van der Waals surface area (Å²) in [6.07, 6.45) is -2.14. The molecule has 4 rings (SSSR count). The van der Waals surface area contributed by atoms with Crippen LogP contribution in [0.3, 0.4) is 0 Å². The summed E-state index contributed by atoms with van der Waals surface area (Å²) in [4.78, 5) is 0. The zero-order valence-electron chi connectivity index (χ0n) is 13.3. The molecule has 0 amide bonds. The summed E-state index contributed by atoms with van der Waals surface area (Å²) in [7, 11) is 0. The number of aromatic nitrogens is 4. The third-order valence-electron chi connectivity index (χ3n) is 3.67. The van der Waals surface area contributed by atoms with Crippen molar-refractivity contribution in [1.82, 2.24) is 20.4 Å². The van der Waals surface area contributed by atoms with E-state index in [-0.39, 0.29) is 5.89 Å². The summed E-state index contributed by atoms with van der Waals surface area (Å²) in [6, 6.07) is 17.2. The molecule has 130 valence electrons. The van der Waals surface area contributed by atoms with E-state index in [1.54, 1.807) is 23.5 Å². The summed E-state index contributed by atoms with van der Waals surface area (Å²) >= 11 is 1.54. The Morgan fingerprint density at radius 2 is 1.62 bits per heavy atom. The highest BCUT2D eigenvalue weighted by Gasteiger charge is 2.17. The second-order valence-corrected chi connectivity index (χ2v) is 6.55. The Balaban J connectivity index is 1.48. The van der Waals surface area contributed by atoms with Crippen LogP contribution in [0.2, 0.25) is 0 Å². The first-order chi connectivity index (χ1) is 12.7. The lowest BCUT2D eigenvalue weighted by atomic mass is 10.1. The molecule has 5 nitrogen and oxygen atoms in total. The second kappa shape index (κ2) is 7.09. The molecule has 0 saturated heterocycles. The lowest BCUT2D eigenvalue weighted by Crippen LogP contribution is -1.87. The zero-order chi connectivity index (χ0) is 17.9. The molecule has 8 heteroatoms. The number of alkyl halides is 2. The Morgan fingerprint density at radius 1 is 0.846 bits per heavy atom. The summed E-state index contributed by atoms with van der Waals surface area (Å²) in [5.74, 6) is -0.597. The monoisotopic (exact) mass is 370 g/mol. The molecule has 26 heavy (non-hydrogen) atoms. The summed E-state index contributed by atoms with van der Waals surface area (Å²) < 4.78 is 30.0. The third kappa shape index (κ3) is 3.50. The molecule has 0 saturated carbocycles. The molecule has 2 aromatic heterocycles. The van der Waals surface area contributed by atoms with Gasteiger partial charge in [-0.05, 0) is 17.7 Å². The molecule has 0 fully saturated rings. The predicted molar refractivity (Wildman–Crippen MR) is 92.8 cm³/mol. The van der Waals surface area contributed by atoms with Gasteiger partial charge in [-0.1, -0.05) is 53.8 Å². The minimum atomic E-state index is -2.77. The molecule has 0 aliphatic heterocycles. The van der Waals surface area contributed by atoms with Crippen LogP contribution in [0.15, 0.2) is 59.0 Å². The van der Waals surface area contributed by atoms with Crippen molar-refractivity contribution in [2.45, 2.75) is 12.8 Å². The molecule has 0 atom stereocenters. The highest BCUT2D eigenvalue weighted by molar-refractivity contribution is 7.14. The van der Waals surface area contributed by atoms with Crippen LogP contribution in [0.1, 0.15) is 22.9 Å². The van der Waals surface area contributed by atoms with Crippen LogP contribution in [0.25, 0.3) is 22.0 Å². The fourth-order valence-corrected chi connectivity index (χ4v) is 3.28. The number of hydrogen-bond acceptors (Lipinski definition) is 6. The quantitative estimate of drug-likeness (QED) is 0.506. The van der Waals surface area contributed by atoms with Crippen molar-refractivity contribution in [2.24, 2.45) is 0 Å². The number of rotatable bonds is 5. The first-order valence-electron chi connectivity index (χ1n) is 7.78. The fourth-order valence-electron chi connectivity index (χ4n) is 2.40. The van der Waals surface area contributed by atoms with Crippen LogP contribution in [-0.4, -0.2) is 20.4 Å². The average molecular weight is 370 g/mol. The van der Waals surface area contributed by atoms with Gasteiger partial charge in [0.05, 0.1) is 0 Å². The number of hydrogen-bond donors (Lipinski definition) is 0. The van der Waals surface area contributed by atoms with Gasteiger partial charge in [-0.2, -0.15) is 8.78 Å². The van der Waals surface area contributed by atoms with Crippen molar-refractivity contribution < 1.29 is 13.2 Å². The average Bonchev–Trinajstić information content (AvgIpc) is 3.33. The number of benzene rings is 2. The van der Waals surface area contributed by atoms with Crippen molar-refractivity contribution in [1.29, 1.82) is 0 Å². The Hall–Kier alpha value is -3.00. The maximum absolute atomic E-state index is 12.5. The normalized spacial score (nSPS) is 11.2. The van der Waals surface area contributed by atoms with E-state index in [9.17, 15) is 8.78 Å². The molecule has 0 spiro atoms. The smallest absolute Gasteiger partial charge is 0.314 e. The Morgan fingerprint density at radius 3 is 2.31 bits per heavy atom. The Kier molecular flexibility index (Phi) is 4.49. The standard InChI is InChI=1S/C18H12F2N4OS/c19-15(20)17-23-22-16(25-17)12-8-6-11(7-9-12)10-14-21-24-18(26-14)13-4-2-1-3-5-13/h1-9,15H,10H2. The van der Waals surface area contributed by atoms with Gasteiger partial charge in [-0.25, -0.2) is 0 Å². The van der Waals surface area contributed by atoms with Crippen LogP contribution in [0.5, 0.6) is 0 Å². The van der Waals surface area contributed by atoms with Gasteiger partial charge in [0.2, 0.25) is 5.89 Å².